The first kappa shape index (κ1) is 20.0. The van der Waals surface area contributed by atoms with Crippen molar-refractivity contribution in [3.8, 4) is 17.0 Å². The fourth-order valence-electron chi connectivity index (χ4n) is 3.32. The average molecular weight is 422 g/mol. The van der Waals surface area contributed by atoms with Gasteiger partial charge in [-0.15, -0.1) is 0 Å². The molecular formula is C22H23N5O2S. The monoisotopic (exact) mass is 421 g/mol. The number of para-hydroxylation sites is 2. The maximum absolute atomic E-state index is 13.1. The molecule has 154 valence electrons. The number of carbonyl (C=O) groups is 1. The first-order chi connectivity index (χ1) is 14.7. The third-order valence-electron chi connectivity index (χ3n) is 4.92. The summed E-state index contributed by atoms with van der Waals surface area (Å²) in [6, 6.07) is 15.1. The van der Waals surface area contributed by atoms with Gasteiger partial charge in [-0.1, -0.05) is 12.1 Å². The number of aromatic amines is 2. The van der Waals surface area contributed by atoms with Crippen LogP contribution in [0.25, 0.3) is 22.3 Å². The molecule has 0 saturated carbocycles. The number of amides is 1. The van der Waals surface area contributed by atoms with E-state index < -0.39 is 0 Å². The second-order valence-corrected chi connectivity index (χ2v) is 7.82. The first-order valence-electron chi connectivity index (χ1n) is 9.62. The summed E-state index contributed by atoms with van der Waals surface area (Å²) >= 11 is 1.74. The molecule has 30 heavy (non-hydrogen) atoms. The van der Waals surface area contributed by atoms with Crippen LogP contribution in [0.5, 0.6) is 5.75 Å². The van der Waals surface area contributed by atoms with E-state index in [2.05, 4.69) is 31.7 Å². The van der Waals surface area contributed by atoms with Gasteiger partial charge in [-0.25, -0.2) is 4.98 Å². The van der Waals surface area contributed by atoms with Gasteiger partial charge in [-0.3, -0.25) is 9.89 Å². The maximum Gasteiger partial charge on any atom is 0.255 e. The summed E-state index contributed by atoms with van der Waals surface area (Å²) in [5, 5.41) is 10.2. The number of carbonyl (C=O) groups excluding carboxylic acids is 1. The SMILES string of the molecule is COc1ccc(-c2[nH]ncc2C(=O)NC(CCSC)c2nc3ccccc3[nH]2)cc1. The molecule has 1 atom stereocenters. The second-order valence-electron chi connectivity index (χ2n) is 6.83. The Kier molecular flexibility index (Phi) is 6.04. The zero-order valence-corrected chi connectivity index (χ0v) is 17.6. The van der Waals surface area contributed by atoms with Crippen molar-refractivity contribution in [2.75, 3.05) is 19.1 Å². The van der Waals surface area contributed by atoms with Crippen molar-refractivity contribution in [3.63, 3.8) is 0 Å². The van der Waals surface area contributed by atoms with E-state index in [4.69, 9.17) is 4.74 Å². The van der Waals surface area contributed by atoms with Crippen LogP contribution in [0, 0.1) is 0 Å². The Hall–Kier alpha value is -3.26. The molecule has 3 N–H and O–H groups in total. The van der Waals surface area contributed by atoms with Crippen LogP contribution in [0.3, 0.4) is 0 Å². The van der Waals surface area contributed by atoms with Crippen molar-refractivity contribution in [2.24, 2.45) is 0 Å². The van der Waals surface area contributed by atoms with E-state index in [1.807, 2.05) is 48.5 Å². The van der Waals surface area contributed by atoms with Crippen LogP contribution in [0.4, 0.5) is 0 Å². The summed E-state index contributed by atoms with van der Waals surface area (Å²) < 4.78 is 5.21. The molecule has 0 saturated heterocycles. The summed E-state index contributed by atoms with van der Waals surface area (Å²) in [5.41, 5.74) is 3.87. The number of rotatable bonds is 8. The predicted molar refractivity (Wildman–Crippen MR) is 120 cm³/mol. The first-order valence-corrected chi connectivity index (χ1v) is 11.0. The Bertz CT molecular complexity index is 1100. The van der Waals surface area contributed by atoms with E-state index in [1.54, 1.807) is 25.1 Å². The van der Waals surface area contributed by atoms with E-state index in [0.29, 0.717) is 11.3 Å². The number of fused-ring (bicyclic) bond motifs is 1. The Morgan fingerprint density at radius 1 is 1.20 bits per heavy atom. The minimum atomic E-state index is -0.226. The number of hydrogen-bond acceptors (Lipinski definition) is 5. The van der Waals surface area contributed by atoms with Crippen molar-refractivity contribution in [1.82, 2.24) is 25.5 Å². The van der Waals surface area contributed by atoms with Gasteiger partial charge >= 0.3 is 0 Å². The van der Waals surface area contributed by atoms with Crippen molar-refractivity contribution >= 4 is 28.7 Å². The maximum atomic E-state index is 13.1. The summed E-state index contributed by atoms with van der Waals surface area (Å²) in [6.45, 7) is 0. The lowest BCUT2D eigenvalue weighted by atomic mass is 10.1. The smallest absolute Gasteiger partial charge is 0.255 e. The molecule has 2 aromatic heterocycles. The molecule has 1 amide bonds. The number of methoxy groups -OCH3 is 1. The molecule has 0 bridgehead atoms. The molecule has 2 aromatic carbocycles. The van der Waals surface area contributed by atoms with Crippen LogP contribution in [-0.4, -0.2) is 45.2 Å². The highest BCUT2D eigenvalue weighted by Crippen LogP contribution is 2.25. The molecule has 0 radical (unpaired) electrons. The van der Waals surface area contributed by atoms with Gasteiger partial charge in [0.05, 0.1) is 41.6 Å². The highest BCUT2D eigenvalue weighted by molar-refractivity contribution is 7.98. The molecule has 4 rings (SSSR count). The molecule has 0 aliphatic rings. The third kappa shape index (κ3) is 4.18. The van der Waals surface area contributed by atoms with Gasteiger partial charge in [0.15, 0.2) is 0 Å². The fourth-order valence-corrected chi connectivity index (χ4v) is 3.79. The standard InChI is InChI=1S/C22H23N5O2S/c1-29-15-9-7-14(8-10-15)20-16(13-23-27-20)22(28)26-19(11-12-30-2)21-24-17-5-3-4-6-18(17)25-21/h3-10,13,19H,11-12H2,1-2H3,(H,23,27)(H,24,25)(H,26,28). The molecule has 0 aliphatic carbocycles. The number of aromatic nitrogens is 4. The number of ether oxygens (including phenoxy) is 1. The second kappa shape index (κ2) is 9.04. The molecule has 0 aliphatic heterocycles. The van der Waals surface area contributed by atoms with Crippen LogP contribution in [-0.2, 0) is 0 Å². The fraction of sp³-hybridized carbons (Fsp3) is 0.227. The van der Waals surface area contributed by atoms with Crippen LogP contribution in [0.2, 0.25) is 0 Å². The number of H-pyrrole nitrogens is 2. The van der Waals surface area contributed by atoms with Crippen molar-refractivity contribution in [2.45, 2.75) is 12.5 Å². The summed E-state index contributed by atoms with van der Waals surface area (Å²) in [4.78, 5) is 21.2. The number of nitrogens with one attached hydrogen (secondary N) is 3. The van der Waals surface area contributed by atoms with Crippen molar-refractivity contribution < 1.29 is 9.53 Å². The van der Waals surface area contributed by atoms with Crippen LogP contribution in [0.1, 0.15) is 28.6 Å². The average Bonchev–Trinajstić information content (AvgIpc) is 3.44. The van der Waals surface area contributed by atoms with Gasteiger partial charge in [-0.05, 0) is 54.8 Å². The molecular weight excluding hydrogens is 398 g/mol. The lowest BCUT2D eigenvalue weighted by Gasteiger charge is -2.16. The topological polar surface area (TPSA) is 95.7 Å². The van der Waals surface area contributed by atoms with Crippen LogP contribution >= 0.6 is 11.8 Å². The Labute approximate surface area is 178 Å². The highest BCUT2D eigenvalue weighted by Gasteiger charge is 2.22. The molecule has 0 spiro atoms. The minimum absolute atomic E-state index is 0.193. The predicted octanol–water partition coefficient (Wildman–Crippen LogP) is 4.19. The number of benzene rings is 2. The summed E-state index contributed by atoms with van der Waals surface area (Å²) in [6.07, 6.45) is 4.37. The Morgan fingerprint density at radius 3 is 2.73 bits per heavy atom. The quantitative estimate of drug-likeness (QED) is 0.397. The van der Waals surface area contributed by atoms with E-state index in [9.17, 15) is 4.79 Å². The molecule has 0 fully saturated rings. The number of nitrogens with zero attached hydrogens (tertiary/aromatic N) is 2. The van der Waals surface area contributed by atoms with Crippen LogP contribution < -0.4 is 10.1 Å². The van der Waals surface area contributed by atoms with Gasteiger partial charge in [0.25, 0.3) is 5.91 Å². The number of hydrogen-bond donors (Lipinski definition) is 3. The van der Waals surface area contributed by atoms with Gasteiger partial charge < -0.3 is 15.0 Å². The number of imidazole rings is 1. The number of thioether (sulfide) groups is 1. The molecule has 8 heteroatoms. The third-order valence-corrected chi connectivity index (χ3v) is 5.56. The Balaban J connectivity index is 1.59. The lowest BCUT2D eigenvalue weighted by molar-refractivity contribution is 0.0935. The van der Waals surface area contributed by atoms with Crippen molar-refractivity contribution in [1.29, 1.82) is 0 Å². The lowest BCUT2D eigenvalue weighted by Crippen LogP contribution is -2.30. The van der Waals surface area contributed by atoms with E-state index >= 15 is 0 Å². The zero-order valence-electron chi connectivity index (χ0n) is 16.8. The Morgan fingerprint density at radius 2 is 2.00 bits per heavy atom. The van der Waals surface area contributed by atoms with E-state index in [-0.39, 0.29) is 11.9 Å². The van der Waals surface area contributed by atoms with Gasteiger partial charge in [-0.2, -0.15) is 16.9 Å². The largest absolute Gasteiger partial charge is 0.497 e. The zero-order chi connectivity index (χ0) is 20.9. The molecule has 2 heterocycles. The minimum Gasteiger partial charge on any atom is -0.497 e. The van der Waals surface area contributed by atoms with Crippen molar-refractivity contribution in [3.05, 3.63) is 66.1 Å². The van der Waals surface area contributed by atoms with E-state index in [1.165, 1.54) is 0 Å². The van der Waals surface area contributed by atoms with Crippen LogP contribution in [0.15, 0.2) is 54.7 Å². The van der Waals surface area contributed by atoms with Gasteiger partial charge in [0.2, 0.25) is 0 Å². The molecule has 7 nitrogen and oxygen atoms in total. The van der Waals surface area contributed by atoms with E-state index in [0.717, 1.165) is 40.3 Å². The molecule has 1 unspecified atom stereocenters. The molecule has 4 aromatic rings. The normalized spacial score (nSPS) is 12.1. The van der Waals surface area contributed by atoms with Gasteiger partial charge in [0, 0.05) is 5.56 Å². The summed E-state index contributed by atoms with van der Waals surface area (Å²) in [5.74, 6) is 2.22. The van der Waals surface area contributed by atoms with Gasteiger partial charge in [0.1, 0.15) is 11.6 Å². The highest BCUT2D eigenvalue weighted by atomic mass is 32.2. The summed E-state index contributed by atoms with van der Waals surface area (Å²) in [7, 11) is 1.62.